The normalized spacial score (nSPS) is 17.6. The molecule has 0 bridgehead atoms. The highest BCUT2D eigenvalue weighted by Gasteiger charge is 2.14. The Hall–Kier alpha value is -1.10. The Bertz CT molecular complexity index is 400. The van der Waals surface area contributed by atoms with E-state index in [0.29, 0.717) is 13.2 Å². The van der Waals surface area contributed by atoms with Crippen LogP contribution in [0.15, 0.2) is 18.2 Å². The van der Waals surface area contributed by atoms with Crippen molar-refractivity contribution in [3.63, 3.8) is 0 Å². The molecule has 0 aliphatic carbocycles. The number of hydrogen-bond acceptors (Lipinski definition) is 4. The molecule has 1 aliphatic rings. The zero-order valence-corrected chi connectivity index (χ0v) is 12.1. The molecule has 4 nitrogen and oxygen atoms in total. The largest absolute Gasteiger partial charge is 0.494 e. The Morgan fingerprint density at radius 2 is 1.95 bits per heavy atom. The van der Waals surface area contributed by atoms with Crippen LogP contribution in [0.25, 0.3) is 0 Å². The van der Waals surface area contributed by atoms with E-state index in [1.165, 1.54) is 5.56 Å². The van der Waals surface area contributed by atoms with Crippen LogP contribution in [-0.4, -0.2) is 49.6 Å². The van der Waals surface area contributed by atoms with Crippen LogP contribution < -0.4 is 10.5 Å². The van der Waals surface area contributed by atoms with Gasteiger partial charge in [0.05, 0.1) is 6.61 Å². The second-order valence-electron chi connectivity index (χ2n) is 5.16. The maximum absolute atomic E-state index is 5.73. The van der Waals surface area contributed by atoms with Crippen molar-refractivity contribution in [2.45, 2.75) is 20.0 Å². The van der Waals surface area contributed by atoms with E-state index in [4.69, 9.17) is 10.5 Å². The molecule has 1 saturated heterocycles. The lowest BCUT2D eigenvalue weighted by Crippen LogP contribution is -2.43. The van der Waals surface area contributed by atoms with Crippen molar-refractivity contribution >= 4 is 0 Å². The lowest BCUT2D eigenvalue weighted by Gasteiger charge is -2.32. The van der Waals surface area contributed by atoms with Crippen molar-refractivity contribution in [1.29, 1.82) is 0 Å². The topological polar surface area (TPSA) is 41.7 Å². The molecule has 2 N–H and O–H groups in total. The number of nitrogens with zero attached hydrogens (tertiary/aromatic N) is 2. The molecule has 4 heteroatoms. The number of likely N-dealkylation sites (N-methyl/N-ethyl adjacent to an activating group) is 1. The molecule has 1 aliphatic heterocycles. The first-order chi connectivity index (χ1) is 9.22. The van der Waals surface area contributed by atoms with Crippen LogP contribution in [0.4, 0.5) is 0 Å². The van der Waals surface area contributed by atoms with Crippen LogP contribution in [0, 0.1) is 0 Å². The number of piperazine rings is 1. The van der Waals surface area contributed by atoms with Gasteiger partial charge < -0.3 is 15.4 Å². The van der Waals surface area contributed by atoms with Gasteiger partial charge in [-0.2, -0.15) is 0 Å². The number of hydrogen-bond donors (Lipinski definition) is 1. The molecule has 1 heterocycles. The Kier molecular flexibility index (Phi) is 5.19. The molecule has 0 saturated carbocycles. The first-order valence-corrected chi connectivity index (χ1v) is 7.08. The molecule has 19 heavy (non-hydrogen) atoms. The minimum absolute atomic E-state index is 0.532. The third-order valence-corrected chi connectivity index (χ3v) is 3.65. The van der Waals surface area contributed by atoms with Crippen LogP contribution >= 0.6 is 0 Å². The molecule has 2 rings (SSSR count). The average Bonchev–Trinajstić information content (AvgIpc) is 2.42. The molecule has 0 atom stereocenters. The summed E-state index contributed by atoms with van der Waals surface area (Å²) in [4.78, 5) is 4.87. The predicted molar refractivity (Wildman–Crippen MR) is 78.3 cm³/mol. The molecule has 106 valence electrons. The molecule has 1 fully saturated rings. The van der Waals surface area contributed by atoms with Crippen LogP contribution in [0.2, 0.25) is 0 Å². The predicted octanol–water partition coefficient (Wildman–Crippen LogP) is 1.29. The summed E-state index contributed by atoms with van der Waals surface area (Å²) in [6.45, 7) is 8.80. The molecule has 0 spiro atoms. The monoisotopic (exact) mass is 263 g/mol. The summed E-state index contributed by atoms with van der Waals surface area (Å²) in [5.41, 5.74) is 8.13. The third kappa shape index (κ3) is 3.93. The Morgan fingerprint density at radius 1 is 1.21 bits per heavy atom. The number of nitrogens with two attached hydrogens (primary N) is 1. The number of ether oxygens (including phenoxy) is 1. The third-order valence-electron chi connectivity index (χ3n) is 3.65. The summed E-state index contributed by atoms with van der Waals surface area (Å²) in [6, 6.07) is 6.41. The summed E-state index contributed by atoms with van der Waals surface area (Å²) in [6.07, 6.45) is 0. The van der Waals surface area contributed by atoms with E-state index in [2.05, 4.69) is 35.0 Å². The Morgan fingerprint density at radius 3 is 2.58 bits per heavy atom. The van der Waals surface area contributed by atoms with Gasteiger partial charge >= 0.3 is 0 Å². The van der Waals surface area contributed by atoms with Crippen molar-refractivity contribution in [1.82, 2.24) is 9.80 Å². The zero-order valence-electron chi connectivity index (χ0n) is 12.1. The van der Waals surface area contributed by atoms with E-state index in [0.717, 1.165) is 44.0 Å². The van der Waals surface area contributed by atoms with Gasteiger partial charge in [0.15, 0.2) is 0 Å². The van der Waals surface area contributed by atoms with Gasteiger partial charge in [-0.15, -0.1) is 0 Å². The highest BCUT2D eigenvalue weighted by molar-refractivity contribution is 5.37. The van der Waals surface area contributed by atoms with Gasteiger partial charge in [0.25, 0.3) is 0 Å². The standard InChI is InChI=1S/C15H25N3O/c1-3-19-15-10-13(4-5-14(15)11-16)12-18-8-6-17(2)7-9-18/h4-5,10H,3,6-9,11-12,16H2,1-2H3. The van der Waals surface area contributed by atoms with Crippen molar-refractivity contribution in [2.75, 3.05) is 39.8 Å². The molecule has 0 aromatic heterocycles. The van der Waals surface area contributed by atoms with Gasteiger partial charge in [-0.1, -0.05) is 12.1 Å². The first kappa shape index (κ1) is 14.3. The quantitative estimate of drug-likeness (QED) is 0.869. The lowest BCUT2D eigenvalue weighted by atomic mass is 10.1. The Labute approximate surface area is 116 Å². The summed E-state index contributed by atoms with van der Waals surface area (Å²) in [5.74, 6) is 0.941. The van der Waals surface area contributed by atoms with Crippen LogP contribution in [0.1, 0.15) is 18.1 Å². The molecule has 1 aromatic rings. The molecular weight excluding hydrogens is 238 g/mol. The fourth-order valence-corrected chi connectivity index (χ4v) is 2.42. The van der Waals surface area contributed by atoms with E-state index < -0.39 is 0 Å². The smallest absolute Gasteiger partial charge is 0.124 e. The highest BCUT2D eigenvalue weighted by atomic mass is 16.5. The molecule has 0 amide bonds. The number of rotatable bonds is 5. The van der Waals surface area contributed by atoms with Crippen molar-refractivity contribution < 1.29 is 4.74 Å². The summed E-state index contributed by atoms with van der Waals surface area (Å²) in [5, 5.41) is 0. The molecule has 0 radical (unpaired) electrons. The first-order valence-electron chi connectivity index (χ1n) is 7.08. The SMILES string of the molecule is CCOc1cc(CN2CCN(C)CC2)ccc1CN. The minimum atomic E-state index is 0.532. The van der Waals surface area contributed by atoms with Crippen molar-refractivity contribution in [3.8, 4) is 5.75 Å². The fourth-order valence-electron chi connectivity index (χ4n) is 2.42. The van der Waals surface area contributed by atoms with Gasteiger partial charge in [-0.25, -0.2) is 0 Å². The summed E-state index contributed by atoms with van der Waals surface area (Å²) >= 11 is 0. The minimum Gasteiger partial charge on any atom is -0.494 e. The van der Waals surface area contributed by atoms with E-state index in [1.807, 2.05) is 6.92 Å². The summed E-state index contributed by atoms with van der Waals surface area (Å²) in [7, 11) is 2.18. The van der Waals surface area contributed by atoms with Gasteiger partial charge in [-0.3, -0.25) is 4.90 Å². The second-order valence-corrected chi connectivity index (χ2v) is 5.16. The number of benzene rings is 1. The maximum atomic E-state index is 5.73. The molecule has 0 unspecified atom stereocenters. The molecular formula is C15H25N3O. The van der Waals surface area contributed by atoms with Crippen LogP contribution in [0.5, 0.6) is 5.75 Å². The maximum Gasteiger partial charge on any atom is 0.124 e. The second kappa shape index (κ2) is 6.89. The van der Waals surface area contributed by atoms with E-state index in [-0.39, 0.29) is 0 Å². The highest BCUT2D eigenvalue weighted by Crippen LogP contribution is 2.21. The van der Waals surface area contributed by atoms with Gasteiger partial charge in [0, 0.05) is 44.8 Å². The van der Waals surface area contributed by atoms with Crippen molar-refractivity contribution in [2.24, 2.45) is 5.73 Å². The average molecular weight is 263 g/mol. The molecule has 1 aromatic carbocycles. The Balaban J connectivity index is 2.02. The zero-order chi connectivity index (χ0) is 13.7. The van der Waals surface area contributed by atoms with Gasteiger partial charge in [0.1, 0.15) is 5.75 Å². The van der Waals surface area contributed by atoms with Crippen LogP contribution in [0.3, 0.4) is 0 Å². The summed E-state index contributed by atoms with van der Waals surface area (Å²) < 4.78 is 5.67. The van der Waals surface area contributed by atoms with Crippen molar-refractivity contribution in [3.05, 3.63) is 29.3 Å². The van der Waals surface area contributed by atoms with Crippen LogP contribution in [-0.2, 0) is 13.1 Å². The van der Waals surface area contributed by atoms with Gasteiger partial charge in [-0.05, 0) is 25.6 Å². The van der Waals surface area contributed by atoms with E-state index in [1.54, 1.807) is 0 Å². The lowest BCUT2D eigenvalue weighted by molar-refractivity contribution is 0.148. The van der Waals surface area contributed by atoms with Gasteiger partial charge in [0.2, 0.25) is 0 Å². The van der Waals surface area contributed by atoms with E-state index >= 15 is 0 Å². The fraction of sp³-hybridized carbons (Fsp3) is 0.600. The van der Waals surface area contributed by atoms with E-state index in [9.17, 15) is 0 Å².